The zero-order valence-corrected chi connectivity index (χ0v) is 10.9. The van der Waals surface area contributed by atoms with Crippen molar-refractivity contribution in [3.05, 3.63) is 29.3 Å². The highest BCUT2D eigenvalue weighted by molar-refractivity contribution is 6.02. The number of aliphatic carboxylic acids is 1. The number of nitrogens with two attached hydrogens (primary N) is 1. The zero-order valence-electron chi connectivity index (χ0n) is 10.9. The first-order valence-corrected chi connectivity index (χ1v) is 6.11. The van der Waals surface area contributed by atoms with Gasteiger partial charge in [-0.15, -0.1) is 0 Å². The number of carbonyl (C=O) groups excluding carboxylic acids is 3. The second-order valence-corrected chi connectivity index (χ2v) is 4.63. The fraction of sp³-hybridized carbons (Fsp3) is 0.231. The Morgan fingerprint density at radius 1 is 1.38 bits per heavy atom. The van der Waals surface area contributed by atoms with Crippen LogP contribution in [0.25, 0.3) is 0 Å². The highest BCUT2D eigenvalue weighted by Gasteiger charge is 2.24. The number of primary amides is 1. The third-order valence-corrected chi connectivity index (χ3v) is 3.00. The molecule has 0 bridgehead atoms. The van der Waals surface area contributed by atoms with Gasteiger partial charge in [-0.3, -0.25) is 14.4 Å². The number of fused-ring (bicyclic) bond motifs is 1. The molecule has 1 atom stereocenters. The zero-order chi connectivity index (χ0) is 15.6. The van der Waals surface area contributed by atoms with E-state index in [4.69, 9.17) is 10.8 Å². The number of rotatable bonds is 5. The van der Waals surface area contributed by atoms with Crippen LogP contribution in [0.2, 0.25) is 0 Å². The van der Waals surface area contributed by atoms with Crippen molar-refractivity contribution in [1.29, 1.82) is 0 Å². The molecule has 2 rings (SSSR count). The Morgan fingerprint density at radius 3 is 2.71 bits per heavy atom. The van der Waals surface area contributed by atoms with Crippen molar-refractivity contribution in [2.45, 2.75) is 18.9 Å². The van der Waals surface area contributed by atoms with E-state index < -0.39 is 30.2 Å². The lowest BCUT2D eigenvalue weighted by Gasteiger charge is -2.13. The van der Waals surface area contributed by atoms with Crippen LogP contribution in [-0.2, 0) is 20.8 Å². The normalized spacial score (nSPS) is 14.0. The van der Waals surface area contributed by atoms with Crippen LogP contribution in [0.5, 0.6) is 0 Å². The third-order valence-electron chi connectivity index (χ3n) is 3.00. The van der Waals surface area contributed by atoms with Gasteiger partial charge < -0.3 is 21.5 Å². The van der Waals surface area contributed by atoms with Gasteiger partial charge in [-0.1, -0.05) is 0 Å². The second kappa shape index (κ2) is 5.61. The van der Waals surface area contributed by atoms with Crippen molar-refractivity contribution in [2.75, 3.05) is 5.32 Å². The fourth-order valence-electron chi connectivity index (χ4n) is 2.01. The number of amides is 3. The number of carboxylic acid groups (broad SMARTS) is 1. The van der Waals surface area contributed by atoms with Crippen molar-refractivity contribution in [1.82, 2.24) is 5.32 Å². The Bertz CT molecular complexity index is 641. The minimum Gasteiger partial charge on any atom is -0.480 e. The van der Waals surface area contributed by atoms with E-state index in [1.54, 1.807) is 6.07 Å². The Labute approximate surface area is 119 Å². The molecule has 1 heterocycles. The molecule has 0 radical (unpaired) electrons. The molecule has 21 heavy (non-hydrogen) atoms. The molecule has 0 saturated carbocycles. The molecular weight excluding hydrogens is 278 g/mol. The van der Waals surface area contributed by atoms with E-state index >= 15 is 0 Å². The Hall–Kier alpha value is -2.90. The van der Waals surface area contributed by atoms with E-state index in [1.807, 2.05) is 0 Å². The maximum atomic E-state index is 12.0. The molecule has 0 aromatic heterocycles. The number of hydrogen-bond donors (Lipinski definition) is 4. The molecule has 3 amide bonds. The molecule has 1 unspecified atom stereocenters. The number of benzene rings is 1. The van der Waals surface area contributed by atoms with Crippen LogP contribution in [-0.4, -0.2) is 34.8 Å². The maximum absolute atomic E-state index is 12.0. The van der Waals surface area contributed by atoms with Gasteiger partial charge in [0, 0.05) is 11.3 Å². The van der Waals surface area contributed by atoms with E-state index in [0.29, 0.717) is 11.3 Å². The SMILES string of the molecule is NC(=O)CC(NC(=O)c1ccc2c(c1)CC(=O)N2)C(=O)O. The molecule has 0 aliphatic carbocycles. The van der Waals surface area contributed by atoms with Crippen molar-refractivity contribution >= 4 is 29.4 Å². The smallest absolute Gasteiger partial charge is 0.326 e. The van der Waals surface area contributed by atoms with Gasteiger partial charge in [0.1, 0.15) is 6.04 Å². The van der Waals surface area contributed by atoms with Crippen molar-refractivity contribution < 1.29 is 24.3 Å². The van der Waals surface area contributed by atoms with Gasteiger partial charge in [0.25, 0.3) is 5.91 Å². The summed E-state index contributed by atoms with van der Waals surface area (Å²) in [5.74, 6) is -2.99. The van der Waals surface area contributed by atoms with Crippen LogP contribution < -0.4 is 16.4 Å². The molecule has 1 aromatic rings. The number of hydrogen-bond acceptors (Lipinski definition) is 4. The average Bonchev–Trinajstić information content (AvgIpc) is 2.76. The Balaban J connectivity index is 2.13. The minimum atomic E-state index is -1.39. The summed E-state index contributed by atoms with van der Waals surface area (Å²) in [6.07, 6.45) is -0.327. The quantitative estimate of drug-likeness (QED) is 0.564. The molecule has 1 aromatic carbocycles. The summed E-state index contributed by atoms with van der Waals surface area (Å²) in [6, 6.07) is 3.15. The van der Waals surface area contributed by atoms with Crippen LogP contribution in [0.4, 0.5) is 5.69 Å². The standard InChI is InChI=1S/C13H13N3O5/c14-10(17)5-9(13(20)21)16-12(19)6-1-2-8-7(3-6)4-11(18)15-8/h1-3,9H,4-5H2,(H2,14,17)(H,15,18)(H,16,19)(H,20,21). The van der Waals surface area contributed by atoms with Gasteiger partial charge in [-0.2, -0.15) is 0 Å². The minimum absolute atomic E-state index is 0.167. The predicted molar refractivity (Wildman–Crippen MR) is 71.5 cm³/mol. The molecule has 1 aliphatic rings. The lowest BCUT2D eigenvalue weighted by molar-refractivity contribution is -0.140. The molecule has 8 heteroatoms. The Kier molecular flexibility index (Phi) is 3.88. The van der Waals surface area contributed by atoms with E-state index in [0.717, 1.165) is 0 Å². The molecule has 5 N–H and O–H groups in total. The average molecular weight is 291 g/mol. The van der Waals surface area contributed by atoms with E-state index in [2.05, 4.69) is 10.6 Å². The van der Waals surface area contributed by atoms with E-state index in [1.165, 1.54) is 12.1 Å². The summed E-state index contributed by atoms with van der Waals surface area (Å²) < 4.78 is 0. The van der Waals surface area contributed by atoms with Gasteiger partial charge >= 0.3 is 5.97 Å². The molecule has 0 saturated heterocycles. The van der Waals surface area contributed by atoms with Gasteiger partial charge in [-0.25, -0.2) is 4.79 Å². The van der Waals surface area contributed by atoms with Crippen LogP contribution in [0, 0.1) is 0 Å². The fourth-order valence-corrected chi connectivity index (χ4v) is 2.01. The van der Waals surface area contributed by atoms with Crippen molar-refractivity contribution in [3.63, 3.8) is 0 Å². The summed E-state index contributed by atoms with van der Waals surface area (Å²) in [7, 11) is 0. The number of carbonyl (C=O) groups is 4. The number of carboxylic acids is 1. The maximum Gasteiger partial charge on any atom is 0.326 e. The van der Waals surface area contributed by atoms with Crippen LogP contribution >= 0.6 is 0 Å². The highest BCUT2D eigenvalue weighted by Crippen LogP contribution is 2.23. The monoisotopic (exact) mass is 291 g/mol. The second-order valence-electron chi connectivity index (χ2n) is 4.63. The first-order chi connectivity index (χ1) is 9.86. The van der Waals surface area contributed by atoms with Crippen molar-refractivity contribution in [2.24, 2.45) is 5.73 Å². The lowest BCUT2D eigenvalue weighted by Crippen LogP contribution is -2.43. The third kappa shape index (κ3) is 3.35. The highest BCUT2D eigenvalue weighted by atomic mass is 16.4. The predicted octanol–water partition coefficient (Wildman–Crippen LogP) is -0.760. The summed E-state index contributed by atoms with van der Waals surface area (Å²) in [6.45, 7) is 0. The van der Waals surface area contributed by atoms with Gasteiger partial charge in [0.2, 0.25) is 11.8 Å². The molecule has 0 fully saturated rings. The van der Waals surface area contributed by atoms with E-state index in [9.17, 15) is 19.2 Å². The van der Waals surface area contributed by atoms with Crippen LogP contribution in [0.3, 0.4) is 0 Å². The van der Waals surface area contributed by atoms with E-state index in [-0.39, 0.29) is 17.9 Å². The van der Waals surface area contributed by atoms with Crippen LogP contribution in [0.1, 0.15) is 22.3 Å². The molecule has 0 spiro atoms. The van der Waals surface area contributed by atoms with Crippen molar-refractivity contribution in [3.8, 4) is 0 Å². The molecular formula is C13H13N3O5. The van der Waals surface area contributed by atoms with Gasteiger partial charge in [0.15, 0.2) is 0 Å². The van der Waals surface area contributed by atoms with Gasteiger partial charge in [0.05, 0.1) is 12.8 Å². The molecule has 110 valence electrons. The summed E-state index contributed by atoms with van der Waals surface area (Å²) in [4.78, 5) is 45.0. The summed E-state index contributed by atoms with van der Waals surface area (Å²) in [5, 5.41) is 13.8. The number of nitrogens with one attached hydrogen (secondary N) is 2. The van der Waals surface area contributed by atoms with Gasteiger partial charge in [-0.05, 0) is 23.8 Å². The lowest BCUT2D eigenvalue weighted by atomic mass is 10.1. The first kappa shape index (κ1) is 14.5. The summed E-state index contributed by atoms with van der Waals surface area (Å²) >= 11 is 0. The molecule has 1 aliphatic heterocycles. The summed E-state index contributed by atoms with van der Waals surface area (Å²) in [5.41, 5.74) is 6.43. The van der Waals surface area contributed by atoms with Crippen LogP contribution in [0.15, 0.2) is 18.2 Å². The topological polar surface area (TPSA) is 139 Å². The first-order valence-electron chi connectivity index (χ1n) is 6.11. The Morgan fingerprint density at radius 2 is 2.10 bits per heavy atom. The molecule has 8 nitrogen and oxygen atoms in total. The number of anilines is 1. The largest absolute Gasteiger partial charge is 0.480 e.